The Bertz CT molecular complexity index is 498. The highest BCUT2D eigenvalue weighted by atomic mass is 16.8. The van der Waals surface area contributed by atoms with Crippen molar-refractivity contribution >= 4 is 11.4 Å². The van der Waals surface area contributed by atoms with Gasteiger partial charge in [-0.3, -0.25) is 5.21 Å². The van der Waals surface area contributed by atoms with Crippen LogP contribution in [-0.4, -0.2) is 51.2 Å². The predicted octanol–water partition coefficient (Wildman–Crippen LogP) is -0.0722. The smallest absolute Gasteiger partial charge is 0.157 e. The summed E-state index contributed by atoms with van der Waals surface area (Å²) in [4.78, 5) is 0. The molecule has 0 bridgehead atoms. The lowest BCUT2D eigenvalue weighted by Gasteiger charge is -2.40. The number of hydrogen-bond donors (Lipinski definition) is 5. The molecule has 1 aliphatic heterocycles. The van der Waals surface area contributed by atoms with Gasteiger partial charge in [-0.2, -0.15) is 0 Å². The van der Waals surface area contributed by atoms with Crippen LogP contribution in [0.2, 0.25) is 0 Å². The van der Waals surface area contributed by atoms with Crippen molar-refractivity contribution < 1.29 is 25.3 Å². The maximum absolute atomic E-state index is 10.8. The van der Waals surface area contributed by atoms with E-state index >= 15 is 0 Å². The maximum Gasteiger partial charge on any atom is 0.157 e. The summed E-state index contributed by atoms with van der Waals surface area (Å²) in [5, 5.41) is 51.6. The van der Waals surface area contributed by atoms with E-state index in [4.69, 9.17) is 9.94 Å². The Balaban J connectivity index is 2.14. The number of anilines is 2. The van der Waals surface area contributed by atoms with Crippen LogP contribution in [-0.2, 0) is 4.74 Å². The monoisotopic (exact) mass is 299 g/mol. The number of nitrogens with zero attached hydrogens (tertiary/aromatic N) is 1. The Kier molecular flexibility index (Phi) is 4.67. The summed E-state index contributed by atoms with van der Waals surface area (Å²) in [6, 6.07) is 4.40. The minimum atomic E-state index is -1.32. The van der Waals surface area contributed by atoms with Crippen molar-refractivity contribution in [2.75, 3.05) is 10.5 Å². The fourth-order valence-corrected chi connectivity index (χ4v) is 2.25. The first-order chi connectivity index (χ1) is 9.81. The van der Waals surface area contributed by atoms with Crippen LogP contribution in [0, 0.1) is 12.1 Å². The topological polar surface area (TPSA) is 128 Å². The van der Waals surface area contributed by atoms with Crippen LogP contribution in [0.15, 0.2) is 18.2 Å². The third-order valence-electron chi connectivity index (χ3n) is 3.58. The second-order valence-electron chi connectivity index (χ2n) is 5.15. The molecule has 5 N–H and O–H groups in total. The molecule has 0 aliphatic carbocycles. The summed E-state index contributed by atoms with van der Waals surface area (Å²) in [6.45, 7) is 3.30. The van der Waals surface area contributed by atoms with Gasteiger partial charge in [0.2, 0.25) is 0 Å². The highest BCUT2D eigenvalue weighted by Crippen LogP contribution is 2.26. The summed E-state index contributed by atoms with van der Waals surface area (Å²) in [6.07, 6.45) is -5.33. The Morgan fingerprint density at radius 2 is 1.86 bits per heavy atom. The number of hydrogen-bond acceptors (Lipinski definition) is 8. The molecule has 118 valence electrons. The fraction of sp³-hybridized carbons (Fsp3) is 0.538. The molecule has 2 rings (SSSR count). The van der Waals surface area contributed by atoms with Crippen LogP contribution >= 0.6 is 0 Å². The van der Waals surface area contributed by atoms with Gasteiger partial charge in [-0.1, -0.05) is 0 Å². The highest BCUT2D eigenvalue weighted by molar-refractivity contribution is 5.59. The molecule has 1 unspecified atom stereocenters. The normalized spacial score (nSPS) is 32.8. The van der Waals surface area contributed by atoms with E-state index in [1.807, 2.05) is 0 Å². The Morgan fingerprint density at radius 3 is 2.43 bits per heavy atom. The Morgan fingerprint density at radius 1 is 1.19 bits per heavy atom. The van der Waals surface area contributed by atoms with Crippen LogP contribution in [0.3, 0.4) is 0 Å². The Hall–Kier alpha value is -1.42. The van der Waals surface area contributed by atoms with Gasteiger partial charge in [0.05, 0.1) is 11.8 Å². The van der Waals surface area contributed by atoms with Crippen molar-refractivity contribution in [3.05, 3.63) is 29.0 Å². The van der Waals surface area contributed by atoms with Gasteiger partial charge in [0.1, 0.15) is 18.3 Å². The lowest BCUT2D eigenvalue weighted by molar-refractivity contribution is -0.209. The number of aryl methyl sites for hydroxylation is 1. The Labute approximate surface area is 121 Å². The largest absolute Gasteiger partial charge is 0.733 e. The van der Waals surface area contributed by atoms with Gasteiger partial charge in [-0.05, 0) is 37.6 Å². The van der Waals surface area contributed by atoms with Gasteiger partial charge in [0.25, 0.3) is 0 Å². The number of nitrogens with one attached hydrogen (secondary N) is 1. The first-order valence-corrected chi connectivity index (χ1v) is 6.54. The molecule has 21 heavy (non-hydrogen) atoms. The molecule has 0 saturated carbocycles. The lowest BCUT2D eigenvalue weighted by Crippen LogP contribution is -2.58. The van der Waals surface area contributed by atoms with E-state index in [-0.39, 0.29) is 10.9 Å². The summed E-state index contributed by atoms with van der Waals surface area (Å²) in [5.41, 5.74) is 1.29. The first-order valence-electron chi connectivity index (χ1n) is 6.54. The molecule has 5 atom stereocenters. The number of aliphatic hydroxyl groups is 3. The molecule has 1 fully saturated rings. The zero-order valence-corrected chi connectivity index (χ0v) is 11.7. The summed E-state index contributed by atoms with van der Waals surface area (Å²) >= 11 is 0. The van der Waals surface area contributed by atoms with Crippen LogP contribution < -0.4 is 10.5 Å². The molecule has 8 nitrogen and oxygen atoms in total. The number of ether oxygens (including phenoxy) is 1. The van der Waals surface area contributed by atoms with Gasteiger partial charge >= 0.3 is 0 Å². The maximum atomic E-state index is 10.8. The van der Waals surface area contributed by atoms with E-state index in [1.54, 1.807) is 19.9 Å². The van der Waals surface area contributed by atoms with Crippen molar-refractivity contribution in [3.8, 4) is 0 Å². The van der Waals surface area contributed by atoms with E-state index < -0.39 is 30.6 Å². The molecule has 0 amide bonds. The van der Waals surface area contributed by atoms with Crippen LogP contribution in [0.1, 0.15) is 12.5 Å². The summed E-state index contributed by atoms with van der Waals surface area (Å²) < 4.78 is 5.43. The fourth-order valence-electron chi connectivity index (χ4n) is 2.25. The lowest BCUT2D eigenvalue weighted by atomic mass is 9.99. The van der Waals surface area contributed by atoms with Gasteiger partial charge in [0, 0.05) is 5.69 Å². The van der Waals surface area contributed by atoms with Gasteiger partial charge < -0.3 is 35.8 Å². The third-order valence-corrected chi connectivity index (χ3v) is 3.58. The molecule has 0 spiro atoms. The van der Waals surface area contributed by atoms with E-state index in [0.717, 1.165) is 0 Å². The molecule has 8 heteroatoms. The quantitative estimate of drug-likeness (QED) is 0.491. The molecule has 0 aromatic heterocycles. The molecular formula is C13H19N2O6-. The van der Waals surface area contributed by atoms with Gasteiger partial charge in [-0.15, -0.1) is 0 Å². The third kappa shape index (κ3) is 3.26. The molecule has 1 aliphatic rings. The second kappa shape index (κ2) is 6.14. The van der Waals surface area contributed by atoms with E-state index in [2.05, 4.69) is 5.32 Å². The highest BCUT2D eigenvalue weighted by Gasteiger charge is 2.41. The number of benzene rings is 1. The van der Waals surface area contributed by atoms with E-state index in [9.17, 15) is 20.5 Å². The zero-order chi connectivity index (χ0) is 15.7. The summed E-state index contributed by atoms with van der Waals surface area (Å²) in [5.74, 6) is 0. The van der Waals surface area contributed by atoms with E-state index in [0.29, 0.717) is 11.3 Å². The van der Waals surface area contributed by atoms with Crippen molar-refractivity contribution in [1.82, 2.24) is 0 Å². The average molecular weight is 299 g/mol. The minimum Gasteiger partial charge on any atom is -0.733 e. The second-order valence-corrected chi connectivity index (χ2v) is 5.15. The molecular weight excluding hydrogens is 280 g/mol. The number of aliphatic hydroxyl groups excluding tert-OH is 3. The van der Waals surface area contributed by atoms with Crippen LogP contribution in [0.25, 0.3) is 0 Å². The van der Waals surface area contributed by atoms with Gasteiger partial charge in [0.15, 0.2) is 6.23 Å². The van der Waals surface area contributed by atoms with Crippen molar-refractivity contribution in [2.45, 2.75) is 44.5 Å². The molecule has 1 aromatic carbocycles. The number of rotatable bonds is 3. The van der Waals surface area contributed by atoms with Gasteiger partial charge in [-0.25, -0.2) is 0 Å². The average Bonchev–Trinajstić information content (AvgIpc) is 2.44. The predicted molar refractivity (Wildman–Crippen MR) is 74.8 cm³/mol. The van der Waals surface area contributed by atoms with Crippen molar-refractivity contribution in [1.29, 1.82) is 0 Å². The molecule has 1 saturated heterocycles. The molecule has 0 radical (unpaired) electrons. The standard InChI is InChI=1S/C13H19N2O6/c1-6-5-8(15(19)20)3-4-9(6)14-13-12(18)11(17)10(16)7(2)21-13/h3-5,7,10-14,16-19H,1-2H3/q-1/t7-,10-,11+,12+,13?/m0/s1. The van der Waals surface area contributed by atoms with Crippen molar-refractivity contribution in [2.24, 2.45) is 0 Å². The van der Waals surface area contributed by atoms with Crippen LogP contribution in [0.4, 0.5) is 11.4 Å². The van der Waals surface area contributed by atoms with Crippen LogP contribution in [0.5, 0.6) is 0 Å². The molecule has 1 aromatic rings. The summed E-state index contributed by atoms with van der Waals surface area (Å²) in [7, 11) is 0. The SMILES string of the molecule is Cc1cc(N([O-])O)ccc1NC1O[C@@H](C)[C@H](O)[C@@H](O)[C@H]1O. The van der Waals surface area contributed by atoms with E-state index in [1.165, 1.54) is 12.1 Å². The molecule has 1 heterocycles. The first kappa shape index (κ1) is 16.0. The minimum absolute atomic E-state index is 0.0759. The zero-order valence-electron chi connectivity index (χ0n) is 11.7. The van der Waals surface area contributed by atoms with Crippen molar-refractivity contribution in [3.63, 3.8) is 0 Å².